The molecule has 0 heterocycles. The van der Waals surface area contributed by atoms with Gasteiger partial charge in [0.1, 0.15) is 11.6 Å². The maximum atomic E-state index is 13.5. The van der Waals surface area contributed by atoms with Gasteiger partial charge < -0.3 is 4.74 Å². The Bertz CT molecular complexity index is 395. The zero-order valence-electron chi connectivity index (χ0n) is 9.33. The number of hydrogen-bond donors (Lipinski definition) is 0. The summed E-state index contributed by atoms with van der Waals surface area (Å²) in [5, 5.41) is 0. The van der Waals surface area contributed by atoms with E-state index in [9.17, 15) is 9.18 Å². The molecule has 86 valence electrons. The minimum atomic E-state index is -0.497. The Balaban J connectivity index is 2.11. The zero-order valence-corrected chi connectivity index (χ0v) is 9.33. The van der Waals surface area contributed by atoms with Gasteiger partial charge in [-0.3, -0.25) is 4.79 Å². The quantitative estimate of drug-likeness (QED) is 0.733. The fourth-order valence-corrected chi connectivity index (χ4v) is 2.05. The number of Topliss-reactive ketones (excluding diaryl/α,β-unsaturated/α-hetero) is 1. The molecule has 0 N–H and O–H groups in total. The van der Waals surface area contributed by atoms with Crippen molar-refractivity contribution in [2.75, 3.05) is 0 Å². The van der Waals surface area contributed by atoms with Gasteiger partial charge in [-0.2, -0.15) is 0 Å². The highest BCUT2D eigenvalue weighted by atomic mass is 19.1. The van der Waals surface area contributed by atoms with E-state index in [4.69, 9.17) is 4.74 Å². The Hall–Kier alpha value is -1.38. The molecule has 2 nitrogen and oxygen atoms in total. The molecule has 0 unspecified atom stereocenters. The number of ether oxygens (including phenoxy) is 1. The number of hydrogen-bond acceptors (Lipinski definition) is 2. The molecule has 1 aromatic carbocycles. The number of benzene rings is 1. The Morgan fingerprint density at radius 3 is 2.62 bits per heavy atom. The second-order valence-electron chi connectivity index (χ2n) is 4.22. The first-order chi connectivity index (χ1) is 7.66. The van der Waals surface area contributed by atoms with E-state index < -0.39 is 5.82 Å². The van der Waals surface area contributed by atoms with E-state index in [1.807, 2.05) is 0 Å². The van der Waals surface area contributed by atoms with Crippen molar-refractivity contribution < 1.29 is 13.9 Å². The van der Waals surface area contributed by atoms with E-state index >= 15 is 0 Å². The molecule has 16 heavy (non-hydrogen) atoms. The van der Waals surface area contributed by atoms with Crippen molar-refractivity contribution in [3.63, 3.8) is 0 Å². The van der Waals surface area contributed by atoms with E-state index in [-0.39, 0.29) is 17.5 Å². The summed E-state index contributed by atoms with van der Waals surface area (Å²) < 4.78 is 19.1. The molecule has 0 amide bonds. The molecule has 1 aliphatic rings. The van der Waals surface area contributed by atoms with Crippen molar-refractivity contribution in [1.82, 2.24) is 0 Å². The van der Waals surface area contributed by atoms with Gasteiger partial charge in [0.2, 0.25) is 0 Å². The molecule has 0 aliphatic heterocycles. The standard InChI is InChI=1S/C13H15FO2/c1-9(15)12-7-6-11(8-13(12)14)16-10-4-2-3-5-10/h6-8,10H,2-5H2,1H3. The van der Waals surface area contributed by atoms with Crippen LogP contribution in [0.15, 0.2) is 18.2 Å². The van der Waals surface area contributed by atoms with Gasteiger partial charge in [0.15, 0.2) is 5.78 Å². The summed E-state index contributed by atoms with van der Waals surface area (Å²) in [7, 11) is 0. The minimum absolute atomic E-state index is 0.124. The van der Waals surface area contributed by atoms with Crippen LogP contribution in [0, 0.1) is 5.82 Å². The van der Waals surface area contributed by atoms with E-state index in [0.29, 0.717) is 5.75 Å². The number of halogens is 1. The molecule has 0 spiro atoms. The lowest BCUT2D eigenvalue weighted by molar-refractivity contribution is 0.101. The average molecular weight is 222 g/mol. The maximum Gasteiger partial charge on any atom is 0.162 e. The summed E-state index contributed by atoms with van der Waals surface area (Å²) in [5.74, 6) is -0.234. The van der Waals surface area contributed by atoms with Crippen molar-refractivity contribution in [3.05, 3.63) is 29.6 Å². The molecule has 0 bridgehead atoms. The monoisotopic (exact) mass is 222 g/mol. The first kappa shape index (κ1) is 11.1. The lowest BCUT2D eigenvalue weighted by atomic mass is 10.1. The number of carbonyl (C=O) groups excluding carboxylic acids is 1. The Kier molecular flexibility index (Phi) is 3.22. The average Bonchev–Trinajstić information content (AvgIpc) is 2.70. The first-order valence-corrected chi connectivity index (χ1v) is 5.64. The molecular weight excluding hydrogens is 207 g/mol. The second kappa shape index (κ2) is 4.64. The normalized spacial score (nSPS) is 16.4. The smallest absolute Gasteiger partial charge is 0.162 e. The van der Waals surface area contributed by atoms with Gasteiger partial charge in [0.05, 0.1) is 11.7 Å². The van der Waals surface area contributed by atoms with Gasteiger partial charge >= 0.3 is 0 Å². The topological polar surface area (TPSA) is 26.3 Å². The summed E-state index contributed by atoms with van der Waals surface area (Å²) in [5.41, 5.74) is 0.124. The van der Waals surface area contributed by atoms with Crippen LogP contribution >= 0.6 is 0 Å². The molecule has 1 saturated carbocycles. The van der Waals surface area contributed by atoms with Crippen LogP contribution in [-0.2, 0) is 0 Å². The third-order valence-corrected chi connectivity index (χ3v) is 2.92. The second-order valence-corrected chi connectivity index (χ2v) is 4.22. The molecule has 1 fully saturated rings. The third kappa shape index (κ3) is 2.40. The van der Waals surface area contributed by atoms with Gasteiger partial charge in [0, 0.05) is 6.07 Å². The predicted molar refractivity (Wildman–Crippen MR) is 59.3 cm³/mol. The van der Waals surface area contributed by atoms with Crippen molar-refractivity contribution in [1.29, 1.82) is 0 Å². The number of carbonyl (C=O) groups is 1. The molecule has 0 radical (unpaired) electrons. The molecule has 0 saturated heterocycles. The van der Waals surface area contributed by atoms with Crippen molar-refractivity contribution in [3.8, 4) is 5.75 Å². The van der Waals surface area contributed by atoms with Crippen LogP contribution in [0.5, 0.6) is 5.75 Å². The number of rotatable bonds is 3. The summed E-state index contributed by atoms with van der Waals surface area (Å²) in [6.07, 6.45) is 4.64. The molecule has 1 aliphatic carbocycles. The van der Waals surface area contributed by atoms with Crippen LogP contribution in [0.2, 0.25) is 0 Å². The highest BCUT2D eigenvalue weighted by molar-refractivity contribution is 5.94. The molecule has 3 heteroatoms. The highest BCUT2D eigenvalue weighted by Crippen LogP contribution is 2.25. The molecule has 0 aromatic heterocycles. The van der Waals surface area contributed by atoms with E-state index in [2.05, 4.69) is 0 Å². The van der Waals surface area contributed by atoms with E-state index in [0.717, 1.165) is 12.8 Å². The highest BCUT2D eigenvalue weighted by Gasteiger charge is 2.17. The van der Waals surface area contributed by atoms with Gasteiger partial charge in [-0.05, 0) is 44.7 Å². The van der Waals surface area contributed by atoms with Crippen LogP contribution in [0.3, 0.4) is 0 Å². The molecule has 0 atom stereocenters. The van der Waals surface area contributed by atoms with E-state index in [1.165, 1.54) is 31.9 Å². The maximum absolute atomic E-state index is 13.5. The summed E-state index contributed by atoms with van der Waals surface area (Å²) >= 11 is 0. The van der Waals surface area contributed by atoms with E-state index in [1.54, 1.807) is 6.07 Å². The van der Waals surface area contributed by atoms with Crippen molar-refractivity contribution >= 4 is 5.78 Å². The van der Waals surface area contributed by atoms with Crippen LogP contribution in [0.1, 0.15) is 43.0 Å². The number of ketones is 1. The Labute approximate surface area is 94.4 Å². The molecule has 1 aromatic rings. The lowest BCUT2D eigenvalue weighted by Gasteiger charge is -2.13. The Morgan fingerprint density at radius 2 is 2.06 bits per heavy atom. The first-order valence-electron chi connectivity index (χ1n) is 5.64. The zero-order chi connectivity index (χ0) is 11.5. The SMILES string of the molecule is CC(=O)c1ccc(OC2CCCC2)cc1F. The molecule has 2 rings (SSSR count). The summed E-state index contributed by atoms with van der Waals surface area (Å²) in [6, 6.07) is 4.45. The van der Waals surface area contributed by atoms with Crippen molar-refractivity contribution in [2.24, 2.45) is 0 Å². The minimum Gasteiger partial charge on any atom is -0.490 e. The van der Waals surface area contributed by atoms with Crippen molar-refractivity contribution in [2.45, 2.75) is 38.7 Å². The summed E-state index contributed by atoms with van der Waals surface area (Å²) in [4.78, 5) is 11.0. The van der Waals surface area contributed by atoms with Crippen LogP contribution < -0.4 is 4.74 Å². The van der Waals surface area contributed by atoms with Gasteiger partial charge in [-0.15, -0.1) is 0 Å². The van der Waals surface area contributed by atoms with Crippen LogP contribution in [-0.4, -0.2) is 11.9 Å². The lowest BCUT2D eigenvalue weighted by Crippen LogP contribution is -2.11. The third-order valence-electron chi connectivity index (χ3n) is 2.92. The fraction of sp³-hybridized carbons (Fsp3) is 0.462. The predicted octanol–water partition coefficient (Wildman–Crippen LogP) is 3.35. The van der Waals surface area contributed by atoms with Gasteiger partial charge in [-0.25, -0.2) is 4.39 Å². The molecular formula is C13H15FO2. The summed E-state index contributed by atoms with van der Waals surface area (Å²) in [6.45, 7) is 1.36. The Morgan fingerprint density at radius 1 is 1.38 bits per heavy atom. The largest absolute Gasteiger partial charge is 0.490 e. The van der Waals surface area contributed by atoms with Gasteiger partial charge in [-0.1, -0.05) is 0 Å². The van der Waals surface area contributed by atoms with Crippen LogP contribution in [0.25, 0.3) is 0 Å². The van der Waals surface area contributed by atoms with Gasteiger partial charge in [0.25, 0.3) is 0 Å². The fourth-order valence-electron chi connectivity index (χ4n) is 2.05. The van der Waals surface area contributed by atoms with Crippen LogP contribution in [0.4, 0.5) is 4.39 Å².